The zero-order chi connectivity index (χ0) is 12.5. The van der Waals surface area contributed by atoms with Crippen LogP contribution in [0.25, 0.3) is 0 Å². The largest absolute Gasteiger partial charge is 0.448 e. The third-order valence-corrected chi connectivity index (χ3v) is 2.36. The number of oxime groups is 1. The molecular formula is C11H11F3N2O. The molecule has 1 N–H and O–H groups in total. The Balaban J connectivity index is 1.96. The third-order valence-electron chi connectivity index (χ3n) is 2.36. The highest BCUT2D eigenvalue weighted by Gasteiger charge is 2.45. The highest BCUT2D eigenvalue weighted by Crippen LogP contribution is 2.23. The van der Waals surface area contributed by atoms with E-state index in [4.69, 9.17) is 0 Å². The number of nitrogens with one attached hydrogen (secondary N) is 1. The molecule has 1 aromatic carbocycles. The Morgan fingerprint density at radius 1 is 1.29 bits per heavy atom. The highest BCUT2D eigenvalue weighted by atomic mass is 19.4. The third kappa shape index (κ3) is 2.89. The molecule has 0 spiro atoms. The molecule has 0 fully saturated rings. The molecule has 0 radical (unpaired) electrons. The average Bonchev–Trinajstić information content (AvgIpc) is 2.69. The molecule has 1 heterocycles. The molecule has 1 atom stereocenters. The first-order valence-corrected chi connectivity index (χ1v) is 5.06. The maximum Gasteiger partial charge on any atom is 0.448 e. The van der Waals surface area contributed by atoms with Crippen LogP contribution in [0.1, 0.15) is 11.1 Å². The fraction of sp³-hybridized carbons (Fsp3) is 0.364. The Kier molecular flexibility index (Phi) is 2.95. The number of aryl methyl sites for hydroxylation is 1. The van der Waals surface area contributed by atoms with Gasteiger partial charge in [0.1, 0.15) is 5.84 Å². The monoisotopic (exact) mass is 244 g/mol. The van der Waals surface area contributed by atoms with Crippen molar-refractivity contribution in [2.45, 2.75) is 25.7 Å². The zero-order valence-electron chi connectivity index (χ0n) is 9.08. The first-order chi connectivity index (χ1) is 7.95. The minimum absolute atomic E-state index is 0.191. The lowest BCUT2D eigenvalue weighted by molar-refractivity contribution is -0.218. The molecule has 3 nitrogen and oxygen atoms in total. The van der Waals surface area contributed by atoms with Gasteiger partial charge in [-0.05, 0) is 12.5 Å². The van der Waals surface area contributed by atoms with Crippen molar-refractivity contribution in [1.82, 2.24) is 5.32 Å². The molecule has 0 aromatic heterocycles. The number of hydrogen-bond acceptors (Lipinski definition) is 3. The molecule has 6 heteroatoms. The van der Waals surface area contributed by atoms with Crippen LogP contribution in [0.2, 0.25) is 0 Å². The van der Waals surface area contributed by atoms with Crippen LogP contribution in [0.15, 0.2) is 29.4 Å². The summed E-state index contributed by atoms with van der Waals surface area (Å²) in [6.45, 7) is 1.94. The maximum atomic E-state index is 12.3. The summed E-state index contributed by atoms with van der Waals surface area (Å²) in [6.07, 6.45) is -6.17. The Morgan fingerprint density at radius 3 is 2.47 bits per heavy atom. The van der Waals surface area contributed by atoms with E-state index in [9.17, 15) is 13.2 Å². The summed E-state index contributed by atoms with van der Waals surface area (Å²) in [5.74, 6) is 0.191. The Labute approximate surface area is 96.3 Å². The second-order valence-electron chi connectivity index (χ2n) is 3.87. The zero-order valence-corrected chi connectivity index (χ0v) is 9.08. The van der Waals surface area contributed by atoms with Gasteiger partial charge in [-0.3, -0.25) is 0 Å². The van der Waals surface area contributed by atoms with E-state index < -0.39 is 12.4 Å². The Morgan fingerprint density at radius 2 is 1.94 bits per heavy atom. The minimum atomic E-state index is -4.45. The van der Waals surface area contributed by atoms with Gasteiger partial charge in [0.2, 0.25) is 0 Å². The normalized spacial score (nSPS) is 19.5. The average molecular weight is 244 g/mol. The van der Waals surface area contributed by atoms with Crippen molar-refractivity contribution in [3.63, 3.8) is 0 Å². The van der Waals surface area contributed by atoms with Gasteiger partial charge in [0.15, 0.2) is 0 Å². The van der Waals surface area contributed by atoms with Gasteiger partial charge in [0, 0.05) is 6.42 Å². The number of halogens is 3. The predicted octanol–water partition coefficient (Wildman–Crippen LogP) is 2.36. The van der Waals surface area contributed by atoms with E-state index in [0.29, 0.717) is 6.42 Å². The van der Waals surface area contributed by atoms with E-state index >= 15 is 0 Å². The van der Waals surface area contributed by atoms with Crippen LogP contribution in [0.5, 0.6) is 0 Å². The van der Waals surface area contributed by atoms with Crippen molar-refractivity contribution in [2.24, 2.45) is 5.16 Å². The van der Waals surface area contributed by atoms with Gasteiger partial charge in [-0.1, -0.05) is 35.0 Å². The van der Waals surface area contributed by atoms with Crippen LogP contribution >= 0.6 is 0 Å². The SMILES string of the molecule is Cc1ccc(CC2=NOC(C(F)(F)F)N2)cc1. The second-order valence-corrected chi connectivity index (χ2v) is 3.87. The lowest BCUT2D eigenvalue weighted by Gasteiger charge is -2.13. The van der Waals surface area contributed by atoms with Crippen molar-refractivity contribution in [3.8, 4) is 0 Å². The van der Waals surface area contributed by atoms with E-state index in [1.807, 2.05) is 31.2 Å². The summed E-state index contributed by atoms with van der Waals surface area (Å²) >= 11 is 0. The Hall–Kier alpha value is -1.72. The fourth-order valence-electron chi connectivity index (χ4n) is 1.44. The number of alkyl halides is 3. The molecule has 1 aromatic rings. The minimum Gasteiger partial charge on any atom is -0.359 e. The molecule has 0 saturated heterocycles. The summed E-state index contributed by atoms with van der Waals surface area (Å²) in [4.78, 5) is 4.28. The summed E-state index contributed by atoms with van der Waals surface area (Å²) < 4.78 is 36.8. The molecule has 2 rings (SSSR count). The molecule has 1 aliphatic heterocycles. The van der Waals surface area contributed by atoms with Crippen molar-refractivity contribution >= 4 is 5.84 Å². The van der Waals surface area contributed by atoms with Gasteiger partial charge >= 0.3 is 6.18 Å². The van der Waals surface area contributed by atoms with Crippen molar-refractivity contribution in [3.05, 3.63) is 35.4 Å². The van der Waals surface area contributed by atoms with Gasteiger partial charge in [0.05, 0.1) is 0 Å². The summed E-state index contributed by atoms with van der Waals surface area (Å²) in [5, 5.41) is 5.58. The van der Waals surface area contributed by atoms with Crippen LogP contribution < -0.4 is 5.32 Å². The van der Waals surface area contributed by atoms with E-state index in [2.05, 4.69) is 15.3 Å². The smallest absolute Gasteiger partial charge is 0.359 e. The number of amidine groups is 1. The summed E-state index contributed by atoms with van der Waals surface area (Å²) in [7, 11) is 0. The maximum absolute atomic E-state index is 12.3. The van der Waals surface area contributed by atoms with Crippen LogP contribution in [-0.4, -0.2) is 18.2 Å². The van der Waals surface area contributed by atoms with Crippen molar-refractivity contribution in [2.75, 3.05) is 0 Å². The fourth-order valence-corrected chi connectivity index (χ4v) is 1.44. The van der Waals surface area contributed by atoms with Crippen LogP contribution in [0.4, 0.5) is 13.2 Å². The lowest BCUT2D eigenvalue weighted by Crippen LogP contribution is -2.42. The Bertz CT molecular complexity index is 425. The molecule has 0 saturated carbocycles. The van der Waals surface area contributed by atoms with E-state index in [1.54, 1.807) is 0 Å². The number of nitrogens with zero attached hydrogens (tertiary/aromatic N) is 1. The van der Waals surface area contributed by atoms with Crippen LogP contribution in [0, 0.1) is 6.92 Å². The van der Waals surface area contributed by atoms with Crippen molar-refractivity contribution < 1.29 is 18.0 Å². The number of benzene rings is 1. The van der Waals surface area contributed by atoms with Gasteiger partial charge < -0.3 is 10.2 Å². The number of rotatable bonds is 2. The highest BCUT2D eigenvalue weighted by molar-refractivity contribution is 5.85. The molecule has 0 amide bonds. The molecule has 0 aliphatic carbocycles. The predicted molar refractivity (Wildman–Crippen MR) is 56.4 cm³/mol. The first-order valence-electron chi connectivity index (χ1n) is 5.06. The van der Waals surface area contributed by atoms with E-state index in [-0.39, 0.29) is 5.84 Å². The molecule has 1 unspecified atom stereocenters. The first kappa shape index (κ1) is 11.8. The van der Waals surface area contributed by atoms with Gasteiger partial charge in [-0.2, -0.15) is 13.2 Å². The van der Waals surface area contributed by atoms with E-state index in [1.165, 1.54) is 0 Å². The van der Waals surface area contributed by atoms with Gasteiger partial charge in [0.25, 0.3) is 6.23 Å². The quantitative estimate of drug-likeness (QED) is 0.866. The standard InChI is InChI=1S/C11H11F3N2O/c1-7-2-4-8(5-3-7)6-9-15-10(17-16-9)11(12,13)14/h2-5,10H,6H2,1H3,(H,15,16). The van der Waals surface area contributed by atoms with Crippen molar-refractivity contribution in [1.29, 1.82) is 0 Å². The topological polar surface area (TPSA) is 33.6 Å². The van der Waals surface area contributed by atoms with Crippen LogP contribution in [0.3, 0.4) is 0 Å². The molecule has 17 heavy (non-hydrogen) atoms. The molecule has 0 bridgehead atoms. The number of hydrogen-bond donors (Lipinski definition) is 1. The summed E-state index contributed by atoms with van der Waals surface area (Å²) in [6, 6.07) is 7.49. The second kappa shape index (κ2) is 4.27. The molecule has 92 valence electrons. The van der Waals surface area contributed by atoms with E-state index in [0.717, 1.165) is 11.1 Å². The van der Waals surface area contributed by atoms with Gasteiger partial charge in [-0.15, -0.1) is 0 Å². The molecule has 1 aliphatic rings. The molecular weight excluding hydrogens is 233 g/mol. The summed E-state index contributed by atoms with van der Waals surface area (Å²) in [5.41, 5.74) is 1.98. The van der Waals surface area contributed by atoms with Crippen LogP contribution in [-0.2, 0) is 11.3 Å². The van der Waals surface area contributed by atoms with Gasteiger partial charge in [-0.25, -0.2) is 0 Å². The lowest BCUT2D eigenvalue weighted by atomic mass is 10.1.